The Morgan fingerprint density at radius 3 is 2.59 bits per heavy atom. The third-order valence-corrected chi connectivity index (χ3v) is 6.73. The molecule has 0 saturated carbocycles. The Labute approximate surface area is 163 Å². The van der Waals surface area contributed by atoms with E-state index in [9.17, 15) is 13.2 Å². The first-order chi connectivity index (χ1) is 12.9. The van der Waals surface area contributed by atoms with E-state index in [1.165, 1.54) is 22.5 Å². The SMILES string of the molecule is N#Cc1ccccc1COC(=O)c1ccc(Cl)c(S(=O)(=O)N2CCCC2)c1. The smallest absolute Gasteiger partial charge is 0.338 e. The molecule has 0 N–H and O–H groups in total. The van der Waals surface area contributed by atoms with Gasteiger partial charge in [-0.05, 0) is 37.1 Å². The van der Waals surface area contributed by atoms with E-state index in [4.69, 9.17) is 21.6 Å². The monoisotopic (exact) mass is 404 g/mol. The lowest BCUT2D eigenvalue weighted by molar-refractivity contribution is 0.0472. The number of nitrogens with zero attached hydrogens (tertiary/aromatic N) is 2. The molecule has 1 saturated heterocycles. The Morgan fingerprint density at radius 1 is 1.19 bits per heavy atom. The van der Waals surface area contributed by atoms with Crippen molar-refractivity contribution < 1.29 is 17.9 Å². The van der Waals surface area contributed by atoms with E-state index >= 15 is 0 Å². The van der Waals surface area contributed by atoms with Gasteiger partial charge in [-0.25, -0.2) is 13.2 Å². The van der Waals surface area contributed by atoms with Gasteiger partial charge >= 0.3 is 5.97 Å². The van der Waals surface area contributed by atoms with Crippen LogP contribution in [0.1, 0.15) is 34.3 Å². The highest BCUT2D eigenvalue weighted by Gasteiger charge is 2.30. The number of halogens is 1. The lowest BCUT2D eigenvalue weighted by atomic mass is 10.1. The van der Waals surface area contributed by atoms with Gasteiger partial charge in [0.05, 0.1) is 22.2 Å². The first-order valence-electron chi connectivity index (χ1n) is 8.38. The van der Waals surface area contributed by atoms with Crippen LogP contribution < -0.4 is 0 Å². The zero-order chi connectivity index (χ0) is 19.4. The van der Waals surface area contributed by atoms with Crippen LogP contribution in [0.4, 0.5) is 0 Å². The lowest BCUT2D eigenvalue weighted by Crippen LogP contribution is -2.28. The molecule has 0 radical (unpaired) electrons. The predicted molar refractivity (Wildman–Crippen MR) is 99.7 cm³/mol. The minimum absolute atomic E-state index is 0.0632. The summed E-state index contributed by atoms with van der Waals surface area (Å²) in [7, 11) is -3.75. The molecule has 0 amide bonds. The highest BCUT2D eigenvalue weighted by molar-refractivity contribution is 7.89. The van der Waals surface area contributed by atoms with E-state index in [0.717, 1.165) is 12.8 Å². The van der Waals surface area contributed by atoms with Gasteiger partial charge in [0.15, 0.2) is 0 Å². The molecule has 0 bridgehead atoms. The summed E-state index contributed by atoms with van der Waals surface area (Å²) in [5.74, 6) is -0.683. The Balaban J connectivity index is 1.81. The molecule has 1 heterocycles. The van der Waals surface area contributed by atoms with E-state index in [2.05, 4.69) is 0 Å². The second kappa shape index (κ2) is 8.09. The van der Waals surface area contributed by atoms with Crippen LogP contribution in [0, 0.1) is 11.3 Å². The maximum Gasteiger partial charge on any atom is 0.338 e. The van der Waals surface area contributed by atoms with Crippen LogP contribution in [-0.4, -0.2) is 31.8 Å². The van der Waals surface area contributed by atoms with Crippen molar-refractivity contribution in [2.45, 2.75) is 24.3 Å². The average Bonchev–Trinajstić information content (AvgIpc) is 3.22. The number of benzene rings is 2. The van der Waals surface area contributed by atoms with Gasteiger partial charge in [0, 0.05) is 18.7 Å². The largest absolute Gasteiger partial charge is 0.457 e. The molecule has 0 atom stereocenters. The Hall–Kier alpha value is -2.40. The highest BCUT2D eigenvalue weighted by Crippen LogP contribution is 2.28. The molecule has 6 nitrogen and oxygen atoms in total. The van der Waals surface area contributed by atoms with Crippen LogP contribution in [0.3, 0.4) is 0 Å². The van der Waals surface area contributed by atoms with E-state index in [-0.39, 0.29) is 22.1 Å². The van der Waals surface area contributed by atoms with Crippen molar-refractivity contribution in [1.29, 1.82) is 5.26 Å². The molecule has 0 aromatic heterocycles. The van der Waals surface area contributed by atoms with Gasteiger partial charge in [-0.1, -0.05) is 29.8 Å². The van der Waals surface area contributed by atoms with Gasteiger partial charge in [0.1, 0.15) is 11.5 Å². The quantitative estimate of drug-likeness (QED) is 0.713. The molecular formula is C19H17ClN2O4S. The fourth-order valence-electron chi connectivity index (χ4n) is 2.88. The van der Waals surface area contributed by atoms with Crippen molar-refractivity contribution in [2.75, 3.05) is 13.1 Å². The van der Waals surface area contributed by atoms with Crippen molar-refractivity contribution in [2.24, 2.45) is 0 Å². The molecule has 3 rings (SSSR count). The molecule has 8 heteroatoms. The van der Waals surface area contributed by atoms with E-state index in [0.29, 0.717) is 24.2 Å². The van der Waals surface area contributed by atoms with Gasteiger partial charge in [0.2, 0.25) is 10.0 Å². The third-order valence-electron chi connectivity index (χ3n) is 4.35. The van der Waals surface area contributed by atoms with Crippen LogP contribution in [0.5, 0.6) is 0 Å². The number of carbonyl (C=O) groups is 1. The summed E-state index contributed by atoms with van der Waals surface area (Å²) in [6.45, 7) is 0.802. The van der Waals surface area contributed by atoms with E-state index in [1.807, 2.05) is 6.07 Å². The summed E-state index contributed by atoms with van der Waals surface area (Å²) in [6.07, 6.45) is 1.60. The van der Waals surface area contributed by atoms with Gasteiger partial charge < -0.3 is 4.74 Å². The van der Waals surface area contributed by atoms with Crippen molar-refractivity contribution in [3.63, 3.8) is 0 Å². The van der Waals surface area contributed by atoms with Crippen molar-refractivity contribution in [3.05, 3.63) is 64.2 Å². The highest BCUT2D eigenvalue weighted by atomic mass is 35.5. The van der Waals surface area contributed by atoms with Gasteiger partial charge in [-0.2, -0.15) is 9.57 Å². The summed E-state index contributed by atoms with van der Waals surface area (Å²) in [6, 6.07) is 12.9. The maximum absolute atomic E-state index is 12.7. The van der Waals surface area contributed by atoms with Gasteiger partial charge in [0.25, 0.3) is 0 Å². The number of sulfonamides is 1. The topological polar surface area (TPSA) is 87.5 Å². The second-order valence-corrected chi connectivity index (χ2v) is 8.42. The minimum atomic E-state index is -3.75. The number of nitriles is 1. The number of hydrogen-bond donors (Lipinski definition) is 0. The fourth-order valence-corrected chi connectivity index (χ4v) is 4.89. The molecule has 27 heavy (non-hydrogen) atoms. The van der Waals surface area contributed by atoms with Crippen LogP contribution in [-0.2, 0) is 21.4 Å². The minimum Gasteiger partial charge on any atom is -0.457 e. The molecule has 0 unspecified atom stereocenters. The predicted octanol–water partition coefficient (Wildman–Crippen LogP) is 3.35. The Morgan fingerprint density at radius 2 is 1.89 bits per heavy atom. The summed E-state index contributed by atoms with van der Waals surface area (Å²) in [5.41, 5.74) is 1.08. The molecule has 0 spiro atoms. The molecule has 1 aliphatic heterocycles. The third kappa shape index (κ3) is 4.14. The second-order valence-electron chi connectivity index (χ2n) is 6.10. The summed E-state index contributed by atoms with van der Waals surface area (Å²) in [5, 5.41) is 9.15. The summed E-state index contributed by atoms with van der Waals surface area (Å²) in [4.78, 5) is 12.3. The Kier molecular flexibility index (Phi) is 5.80. The zero-order valence-electron chi connectivity index (χ0n) is 14.4. The van der Waals surface area contributed by atoms with Crippen LogP contribution in [0.15, 0.2) is 47.4 Å². The zero-order valence-corrected chi connectivity index (χ0v) is 16.0. The molecular weight excluding hydrogens is 388 g/mol. The molecule has 140 valence electrons. The molecule has 2 aromatic carbocycles. The molecule has 0 aliphatic carbocycles. The lowest BCUT2D eigenvalue weighted by Gasteiger charge is -2.17. The summed E-state index contributed by atoms with van der Waals surface area (Å²) < 4.78 is 32.1. The van der Waals surface area contributed by atoms with Gasteiger partial charge in [-0.3, -0.25) is 0 Å². The van der Waals surface area contributed by atoms with Crippen LogP contribution >= 0.6 is 11.6 Å². The van der Waals surface area contributed by atoms with E-state index in [1.54, 1.807) is 24.3 Å². The number of carbonyl (C=O) groups excluding carboxylic acids is 1. The molecule has 2 aromatic rings. The molecule has 1 aliphatic rings. The number of ether oxygens (including phenoxy) is 1. The normalized spacial score (nSPS) is 14.7. The summed E-state index contributed by atoms with van der Waals surface area (Å²) >= 11 is 6.08. The van der Waals surface area contributed by atoms with Gasteiger partial charge in [-0.15, -0.1) is 0 Å². The van der Waals surface area contributed by atoms with Crippen LogP contribution in [0.25, 0.3) is 0 Å². The number of esters is 1. The fraction of sp³-hybridized carbons (Fsp3) is 0.263. The van der Waals surface area contributed by atoms with Crippen LogP contribution in [0.2, 0.25) is 5.02 Å². The Bertz CT molecular complexity index is 1010. The molecule has 1 fully saturated rings. The standard InChI is InChI=1S/C19H17ClN2O4S/c20-17-8-7-14(11-18(17)27(24,25)22-9-3-4-10-22)19(23)26-13-16-6-2-1-5-15(16)12-21/h1-2,5-8,11H,3-4,9-10,13H2. The average molecular weight is 405 g/mol. The first-order valence-corrected chi connectivity index (χ1v) is 10.2. The van der Waals surface area contributed by atoms with Crippen molar-refractivity contribution in [1.82, 2.24) is 4.31 Å². The van der Waals surface area contributed by atoms with E-state index < -0.39 is 16.0 Å². The van der Waals surface area contributed by atoms with Crippen molar-refractivity contribution >= 4 is 27.6 Å². The first kappa shape index (κ1) is 19.4. The van der Waals surface area contributed by atoms with Crippen molar-refractivity contribution in [3.8, 4) is 6.07 Å². The maximum atomic E-state index is 12.7. The number of rotatable bonds is 5. The number of hydrogen-bond acceptors (Lipinski definition) is 5.